The molecule has 0 saturated carbocycles. The fourth-order valence-electron chi connectivity index (χ4n) is 3.42. The summed E-state index contributed by atoms with van der Waals surface area (Å²) in [4.78, 5) is 14.5. The van der Waals surface area contributed by atoms with E-state index in [0.29, 0.717) is 12.2 Å². The largest absolute Gasteiger partial charge is 0.396 e. The standard InChI is InChI=1S/C16H27N3O2/c1-4-7-16(12-20)8-6-9-18(11-16)15(21)14-10-13(3)19(5-2)17-14/h10,20H,4-9,11-12H2,1-3H3. The molecule has 1 aromatic heterocycles. The van der Waals surface area contributed by atoms with E-state index in [1.807, 2.05) is 29.5 Å². The minimum Gasteiger partial charge on any atom is -0.396 e. The zero-order valence-corrected chi connectivity index (χ0v) is 13.4. The SMILES string of the molecule is CCCC1(CO)CCCN(C(=O)c2cc(C)n(CC)n2)C1. The Balaban J connectivity index is 2.14. The molecule has 0 spiro atoms. The summed E-state index contributed by atoms with van der Waals surface area (Å²) in [7, 11) is 0. The summed E-state index contributed by atoms with van der Waals surface area (Å²) >= 11 is 0. The number of nitrogens with zero attached hydrogens (tertiary/aromatic N) is 3. The van der Waals surface area contributed by atoms with Gasteiger partial charge in [0, 0.05) is 30.7 Å². The van der Waals surface area contributed by atoms with Gasteiger partial charge in [0.2, 0.25) is 0 Å². The number of aryl methyl sites for hydroxylation is 2. The Morgan fingerprint density at radius 1 is 1.48 bits per heavy atom. The van der Waals surface area contributed by atoms with Gasteiger partial charge < -0.3 is 10.0 Å². The van der Waals surface area contributed by atoms with Crippen LogP contribution in [0.4, 0.5) is 0 Å². The lowest BCUT2D eigenvalue weighted by atomic mass is 9.77. The van der Waals surface area contributed by atoms with Crippen molar-refractivity contribution in [3.8, 4) is 0 Å². The minimum absolute atomic E-state index is 0.000993. The Labute approximate surface area is 126 Å². The number of carbonyl (C=O) groups excluding carboxylic acids is 1. The van der Waals surface area contributed by atoms with Crippen molar-refractivity contribution in [2.75, 3.05) is 19.7 Å². The Morgan fingerprint density at radius 2 is 2.24 bits per heavy atom. The molecule has 1 aliphatic heterocycles. The molecule has 0 aromatic carbocycles. The van der Waals surface area contributed by atoms with Gasteiger partial charge in [-0.15, -0.1) is 0 Å². The molecule has 0 radical (unpaired) electrons. The molecule has 1 unspecified atom stereocenters. The first-order chi connectivity index (χ1) is 10.0. The lowest BCUT2D eigenvalue weighted by Gasteiger charge is -2.41. The molecule has 1 amide bonds. The van der Waals surface area contributed by atoms with Crippen LogP contribution in [0.3, 0.4) is 0 Å². The van der Waals surface area contributed by atoms with Gasteiger partial charge in [0.15, 0.2) is 5.69 Å². The number of likely N-dealkylation sites (tertiary alicyclic amines) is 1. The van der Waals surface area contributed by atoms with Crippen molar-refractivity contribution in [2.45, 2.75) is 53.0 Å². The molecule has 0 aliphatic carbocycles. The Morgan fingerprint density at radius 3 is 2.81 bits per heavy atom. The second-order valence-electron chi connectivity index (χ2n) is 6.23. The van der Waals surface area contributed by atoms with E-state index in [9.17, 15) is 9.90 Å². The third-order valence-electron chi connectivity index (χ3n) is 4.56. The molecule has 0 bridgehead atoms. The van der Waals surface area contributed by atoms with Crippen molar-refractivity contribution < 1.29 is 9.90 Å². The highest BCUT2D eigenvalue weighted by Gasteiger charge is 2.36. The molecule has 2 heterocycles. The number of aliphatic hydroxyl groups is 1. The van der Waals surface area contributed by atoms with Crippen LogP contribution in [0.15, 0.2) is 6.07 Å². The number of aromatic nitrogens is 2. The quantitative estimate of drug-likeness (QED) is 0.905. The molecule has 2 rings (SSSR count). The molecule has 5 heteroatoms. The summed E-state index contributed by atoms with van der Waals surface area (Å²) in [5, 5.41) is 14.2. The Kier molecular flexibility index (Phi) is 5.04. The first-order valence-corrected chi connectivity index (χ1v) is 8.00. The van der Waals surface area contributed by atoms with Gasteiger partial charge in [-0.05, 0) is 39.2 Å². The van der Waals surface area contributed by atoms with Crippen LogP contribution in [-0.4, -0.2) is 45.4 Å². The predicted octanol–water partition coefficient (Wildman–Crippen LogP) is 2.23. The maximum atomic E-state index is 12.7. The number of aliphatic hydroxyl groups excluding tert-OH is 1. The summed E-state index contributed by atoms with van der Waals surface area (Å²) in [5.41, 5.74) is 1.42. The number of hydrogen-bond acceptors (Lipinski definition) is 3. The zero-order chi connectivity index (χ0) is 15.5. The summed E-state index contributed by atoms with van der Waals surface area (Å²) in [6.07, 6.45) is 3.96. The lowest BCUT2D eigenvalue weighted by molar-refractivity contribution is 0.0218. The van der Waals surface area contributed by atoms with Crippen LogP contribution in [0, 0.1) is 12.3 Å². The van der Waals surface area contributed by atoms with Gasteiger partial charge in [0.05, 0.1) is 6.61 Å². The minimum atomic E-state index is -0.120. The Hall–Kier alpha value is -1.36. The summed E-state index contributed by atoms with van der Waals surface area (Å²) in [5.74, 6) is -0.000993. The molecule has 1 aromatic rings. The van der Waals surface area contributed by atoms with E-state index in [4.69, 9.17) is 0 Å². The normalized spacial score (nSPS) is 22.6. The maximum absolute atomic E-state index is 12.7. The fraction of sp³-hybridized carbons (Fsp3) is 0.750. The van der Waals surface area contributed by atoms with E-state index < -0.39 is 0 Å². The van der Waals surface area contributed by atoms with E-state index in [1.165, 1.54) is 0 Å². The van der Waals surface area contributed by atoms with Crippen LogP contribution in [0.25, 0.3) is 0 Å². The van der Waals surface area contributed by atoms with Crippen molar-refractivity contribution in [3.05, 3.63) is 17.5 Å². The van der Waals surface area contributed by atoms with E-state index in [0.717, 1.165) is 44.5 Å². The highest BCUT2D eigenvalue weighted by Crippen LogP contribution is 2.34. The van der Waals surface area contributed by atoms with E-state index in [2.05, 4.69) is 12.0 Å². The van der Waals surface area contributed by atoms with Gasteiger partial charge in [-0.2, -0.15) is 5.10 Å². The van der Waals surface area contributed by atoms with E-state index in [-0.39, 0.29) is 17.9 Å². The van der Waals surface area contributed by atoms with Gasteiger partial charge in [-0.25, -0.2) is 0 Å². The van der Waals surface area contributed by atoms with Crippen molar-refractivity contribution in [2.24, 2.45) is 5.41 Å². The van der Waals surface area contributed by atoms with Crippen LogP contribution < -0.4 is 0 Å². The van der Waals surface area contributed by atoms with Crippen LogP contribution in [0.1, 0.15) is 55.7 Å². The average molecular weight is 293 g/mol. The molecule has 1 N–H and O–H groups in total. The van der Waals surface area contributed by atoms with Gasteiger partial charge in [0.25, 0.3) is 5.91 Å². The smallest absolute Gasteiger partial charge is 0.274 e. The maximum Gasteiger partial charge on any atom is 0.274 e. The molecular formula is C16H27N3O2. The topological polar surface area (TPSA) is 58.4 Å². The average Bonchev–Trinajstić information content (AvgIpc) is 2.88. The lowest BCUT2D eigenvalue weighted by Crippen LogP contribution is -2.48. The van der Waals surface area contributed by atoms with Gasteiger partial charge in [-0.1, -0.05) is 13.3 Å². The number of carbonyl (C=O) groups is 1. The molecule has 1 saturated heterocycles. The monoisotopic (exact) mass is 293 g/mol. The fourth-order valence-corrected chi connectivity index (χ4v) is 3.42. The molecule has 1 fully saturated rings. The number of amides is 1. The van der Waals surface area contributed by atoms with Crippen molar-refractivity contribution in [1.29, 1.82) is 0 Å². The molecule has 5 nitrogen and oxygen atoms in total. The zero-order valence-electron chi connectivity index (χ0n) is 13.4. The molecule has 118 valence electrons. The van der Waals surface area contributed by atoms with Crippen LogP contribution in [0.5, 0.6) is 0 Å². The predicted molar refractivity (Wildman–Crippen MR) is 82.2 cm³/mol. The summed E-state index contributed by atoms with van der Waals surface area (Å²) in [6.45, 7) is 8.47. The van der Waals surface area contributed by atoms with Crippen molar-refractivity contribution in [3.63, 3.8) is 0 Å². The Bertz CT molecular complexity index is 494. The number of hydrogen-bond donors (Lipinski definition) is 1. The highest BCUT2D eigenvalue weighted by atomic mass is 16.3. The van der Waals surface area contributed by atoms with Crippen molar-refractivity contribution in [1.82, 2.24) is 14.7 Å². The summed E-state index contributed by atoms with van der Waals surface area (Å²) < 4.78 is 1.85. The van der Waals surface area contributed by atoms with Gasteiger partial charge in [-0.3, -0.25) is 9.48 Å². The molecule has 21 heavy (non-hydrogen) atoms. The third kappa shape index (κ3) is 3.28. The van der Waals surface area contributed by atoms with Gasteiger partial charge >= 0.3 is 0 Å². The van der Waals surface area contributed by atoms with Crippen LogP contribution in [0.2, 0.25) is 0 Å². The molecule has 1 aliphatic rings. The molecular weight excluding hydrogens is 266 g/mol. The summed E-state index contributed by atoms with van der Waals surface area (Å²) in [6, 6.07) is 1.86. The highest BCUT2D eigenvalue weighted by molar-refractivity contribution is 5.92. The first kappa shape index (κ1) is 16.0. The number of piperidine rings is 1. The van der Waals surface area contributed by atoms with E-state index >= 15 is 0 Å². The second kappa shape index (κ2) is 6.60. The molecule has 1 atom stereocenters. The van der Waals surface area contributed by atoms with Crippen LogP contribution >= 0.6 is 0 Å². The second-order valence-corrected chi connectivity index (χ2v) is 6.23. The van der Waals surface area contributed by atoms with Gasteiger partial charge in [0.1, 0.15) is 0 Å². The van der Waals surface area contributed by atoms with E-state index in [1.54, 1.807) is 0 Å². The van der Waals surface area contributed by atoms with Crippen molar-refractivity contribution >= 4 is 5.91 Å². The first-order valence-electron chi connectivity index (χ1n) is 8.00. The third-order valence-corrected chi connectivity index (χ3v) is 4.56. The van der Waals surface area contributed by atoms with Crippen LogP contribution in [-0.2, 0) is 6.54 Å². The number of rotatable bonds is 5.